The molecule has 0 bridgehead atoms. The van der Waals surface area contributed by atoms with E-state index in [9.17, 15) is 4.79 Å². The molecule has 0 radical (unpaired) electrons. The van der Waals surface area contributed by atoms with Crippen LogP contribution in [-0.4, -0.2) is 17.4 Å². The van der Waals surface area contributed by atoms with Gasteiger partial charge in [0.25, 0.3) is 0 Å². The summed E-state index contributed by atoms with van der Waals surface area (Å²) in [6.07, 6.45) is 2.54. The summed E-state index contributed by atoms with van der Waals surface area (Å²) in [6, 6.07) is 10.9. The molecule has 0 fully saturated rings. The van der Waals surface area contributed by atoms with Crippen molar-refractivity contribution in [1.82, 2.24) is 4.90 Å². The van der Waals surface area contributed by atoms with E-state index in [-0.39, 0.29) is 11.9 Å². The van der Waals surface area contributed by atoms with Gasteiger partial charge in [-0.15, -0.1) is 11.3 Å². The van der Waals surface area contributed by atoms with Crippen LogP contribution >= 0.6 is 11.3 Å². The quantitative estimate of drug-likeness (QED) is 0.826. The average Bonchev–Trinajstić information content (AvgIpc) is 2.96. The van der Waals surface area contributed by atoms with Crippen molar-refractivity contribution in [2.24, 2.45) is 0 Å². The first kappa shape index (κ1) is 14.3. The van der Waals surface area contributed by atoms with E-state index in [2.05, 4.69) is 54.5 Å². The summed E-state index contributed by atoms with van der Waals surface area (Å²) in [7, 11) is 0. The number of fused-ring (bicyclic) bond motifs is 1. The molecule has 3 heteroatoms. The Morgan fingerprint density at radius 3 is 2.76 bits per heavy atom. The largest absolute Gasteiger partial charge is 0.331 e. The Hall–Kier alpha value is -1.61. The highest BCUT2D eigenvalue weighted by Crippen LogP contribution is 2.38. The summed E-state index contributed by atoms with van der Waals surface area (Å²) in [5.74, 6) is 0.278. The van der Waals surface area contributed by atoms with Crippen LogP contribution in [0.2, 0.25) is 0 Å². The van der Waals surface area contributed by atoms with Crippen LogP contribution in [0.25, 0.3) is 0 Å². The SMILES string of the molecule is CCCC(=O)N1CCc2sccc2C1c1ccc(C)cc1. The van der Waals surface area contributed by atoms with E-state index in [1.54, 1.807) is 0 Å². The standard InChI is InChI=1S/C18H21NOS/c1-3-4-17(20)19-11-9-16-15(10-12-21-16)18(19)14-7-5-13(2)6-8-14/h5-8,10,12,18H,3-4,9,11H2,1-2H3. The maximum atomic E-state index is 12.5. The first-order chi connectivity index (χ1) is 10.2. The number of amides is 1. The van der Waals surface area contributed by atoms with Gasteiger partial charge in [0.05, 0.1) is 6.04 Å². The van der Waals surface area contributed by atoms with Crippen LogP contribution in [-0.2, 0) is 11.2 Å². The Labute approximate surface area is 130 Å². The number of nitrogens with zero attached hydrogens (tertiary/aromatic N) is 1. The van der Waals surface area contributed by atoms with Gasteiger partial charge in [-0.2, -0.15) is 0 Å². The highest BCUT2D eigenvalue weighted by atomic mass is 32.1. The summed E-state index contributed by atoms with van der Waals surface area (Å²) < 4.78 is 0. The molecule has 0 spiro atoms. The van der Waals surface area contributed by atoms with Gasteiger partial charge in [-0.05, 0) is 42.3 Å². The van der Waals surface area contributed by atoms with Gasteiger partial charge in [-0.25, -0.2) is 0 Å². The maximum absolute atomic E-state index is 12.5. The molecule has 1 aromatic heterocycles. The van der Waals surface area contributed by atoms with E-state index < -0.39 is 0 Å². The Morgan fingerprint density at radius 2 is 2.05 bits per heavy atom. The van der Waals surface area contributed by atoms with Gasteiger partial charge in [-0.1, -0.05) is 36.8 Å². The van der Waals surface area contributed by atoms with Gasteiger partial charge in [0.2, 0.25) is 5.91 Å². The minimum Gasteiger partial charge on any atom is -0.331 e. The lowest BCUT2D eigenvalue weighted by Crippen LogP contribution is -2.39. The molecule has 0 N–H and O–H groups in total. The third-order valence-electron chi connectivity index (χ3n) is 4.14. The van der Waals surface area contributed by atoms with Crippen molar-refractivity contribution >= 4 is 17.2 Å². The second kappa shape index (κ2) is 6.02. The van der Waals surface area contributed by atoms with Crippen LogP contribution in [0.5, 0.6) is 0 Å². The van der Waals surface area contributed by atoms with E-state index in [4.69, 9.17) is 0 Å². The highest BCUT2D eigenvalue weighted by Gasteiger charge is 2.32. The summed E-state index contributed by atoms with van der Waals surface area (Å²) in [5, 5.41) is 2.15. The zero-order chi connectivity index (χ0) is 14.8. The van der Waals surface area contributed by atoms with Gasteiger partial charge in [0, 0.05) is 17.8 Å². The third kappa shape index (κ3) is 2.75. The number of thiophene rings is 1. The fourth-order valence-corrected chi connectivity index (χ4v) is 3.95. The molecule has 2 aromatic rings. The average molecular weight is 299 g/mol. The van der Waals surface area contributed by atoms with Crippen LogP contribution in [0.1, 0.15) is 47.4 Å². The monoisotopic (exact) mass is 299 g/mol. The van der Waals surface area contributed by atoms with Crippen LogP contribution < -0.4 is 0 Å². The van der Waals surface area contributed by atoms with E-state index in [1.807, 2.05) is 11.3 Å². The molecular weight excluding hydrogens is 278 g/mol. The number of rotatable bonds is 3. The first-order valence-electron chi connectivity index (χ1n) is 7.63. The number of carbonyl (C=O) groups excluding carboxylic acids is 1. The molecule has 21 heavy (non-hydrogen) atoms. The van der Waals surface area contributed by atoms with Gasteiger partial charge >= 0.3 is 0 Å². The van der Waals surface area contributed by atoms with Crippen molar-refractivity contribution < 1.29 is 4.79 Å². The van der Waals surface area contributed by atoms with Crippen molar-refractivity contribution in [3.05, 3.63) is 57.3 Å². The molecule has 1 aliphatic rings. The zero-order valence-corrected chi connectivity index (χ0v) is 13.5. The minimum atomic E-state index is 0.0969. The second-order valence-corrected chi connectivity index (χ2v) is 6.70. The molecule has 1 amide bonds. The van der Waals surface area contributed by atoms with Gasteiger partial charge in [0.15, 0.2) is 0 Å². The molecule has 1 aliphatic heterocycles. The number of carbonyl (C=O) groups is 1. The van der Waals surface area contributed by atoms with E-state index in [0.717, 1.165) is 19.4 Å². The number of hydrogen-bond donors (Lipinski definition) is 0. The number of hydrogen-bond acceptors (Lipinski definition) is 2. The lowest BCUT2D eigenvalue weighted by Gasteiger charge is -2.36. The topological polar surface area (TPSA) is 20.3 Å². The van der Waals surface area contributed by atoms with Crippen molar-refractivity contribution in [2.75, 3.05) is 6.54 Å². The maximum Gasteiger partial charge on any atom is 0.223 e. The molecule has 1 atom stereocenters. The highest BCUT2D eigenvalue weighted by molar-refractivity contribution is 7.10. The van der Waals surface area contributed by atoms with E-state index in [1.165, 1.54) is 21.6 Å². The van der Waals surface area contributed by atoms with Gasteiger partial charge < -0.3 is 4.90 Å². The Morgan fingerprint density at radius 1 is 1.29 bits per heavy atom. The predicted octanol–water partition coefficient (Wildman–Crippen LogP) is 4.33. The first-order valence-corrected chi connectivity index (χ1v) is 8.51. The Bertz CT molecular complexity index is 629. The normalized spacial score (nSPS) is 17.6. The van der Waals surface area contributed by atoms with Crippen LogP contribution in [0.15, 0.2) is 35.7 Å². The molecule has 0 saturated heterocycles. The fraction of sp³-hybridized carbons (Fsp3) is 0.389. The van der Waals surface area contributed by atoms with Gasteiger partial charge in [-0.3, -0.25) is 4.79 Å². The third-order valence-corrected chi connectivity index (χ3v) is 5.14. The molecule has 0 saturated carbocycles. The Balaban J connectivity index is 2.01. The smallest absolute Gasteiger partial charge is 0.223 e. The van der Waals surface area contributed by atoms with Crippen LogP contribution in [0.3, 0.4) is 0 Å². The van der Waals surface area contributed by atoms with E-state index in [0.29, 0.717) is 6.42 Å². The Kier molecular flexibility index (Phi) is 4.11. The summed E-state index contributed by atoms with van der Waals surface area (Å²) >= 11 is 1.82. The van der Waals surface area contributed by atoms with Gasteiger partial charge in [0.1, 0.15) is 0 Å². The molecule has 1 aromatic carbocycles. The van der Waals surface area contributed by atoms with Crippen molar-refractivity contribution in [3.8, 4) is 0 Å². The molecule has 1 unspecified atom stereocenters. The van der Waals surface area contributed by atoms with Crippen LogP contribution in [0, 0.1) is 6.92 Å². The summed E-state index contributed by atoms with van der Waals surface area (Å²) in [6.45, 7) is 5.00. The number of benzene rings is 1. The van der Waals surface area contributed by atoms with Crippen molar-refractivity contribution in [3.63, 3.8) is 0 Å². The van der Waals surface area contributed by atoms with E-state index >= 15 is 0 Å². The second-order valence-electron chi connectivity index (χ2n) is 5.70. The molecule has 110 valence electrons. The lowest BCUT2D eigenvalue weighted by molar-refractivity contribution is -0.133. The lowest BCUT2D eigenvalue weighted by atomic mass is 9.92. The molecule has 2 heterocycles. The predicted molar refractivity (Wildman–Crippen MR) is 87.7 cm³/mol. The fourth-order valence-electron chi connectivity index (χ4n) is 3.05. The molecule has 2 nitrogen and oxygen atoms in total. The molecule has 3 rings (SSSR count). The number of aryl methyl sites for hydroxylation is 1. The molecular formula is C18H21NOS. The van der Waals surface area contributed by atoms with Crippen molar-refractivity contribution in [1.29, 1.82) is 0 Å². The minimum absolute atomic E-state index is 0.0969. The summed E-state index contributed by atoms with van der Waals surface area (Å²) in [5.41, 5.74) is 3.80. The molecule has 0 aliphatic carbocycles. The zero-order valence-electron chi connectivity index (χ0n) is 12.6. The summed E-state index contributed by atoms with van der Waals surface area (Å²) in [4.78, 5) is 16.0. The van der Waals surface area contributed by atoms with Crippen LogP contribution in [0.4, 0.5) is 0 Å². The van der Waals surface area contributed by atoms with Crippen molar-refractivity contribution in [2.45, 2.75) is 39.2 Å².